The predicted octanol–water partition coefficient (Wildman–Crippen LogP) is 2.51. The molecule has 2 rings (SSSR count). The zero-order valence-electron chi connectivity index (χ0n) is 14.4. The van der Waals surface area contributed by atoms with Gasteiger partial charge in [0.15, 0.2) is 0 Å². The molecule has 2 aromatic rings. The van der Waals surface area contributed by atoms with Crippen molar-refractivity contribution in [1.82, 2.24) is 0 Å². The summed E-state index contributed by atoms with van der Waals surface area (Å²) in [6, 6.07) is 9.73. The molecule has 0 fully saturated rings. The molecule has 0 saturated carbocycles. The molecule has 0 aromatic heterocycles. The standard InChI is InChI=1S/C18H16N2O5S/c1-11-4-9-16(12(2)10-11)17(22)18(20-19)26(23,24)15-7-5-14(6-8-15)25-13(3)21/h4-10H,1-3H3. The minimum atomic E-state index is -4.36. The normalized spacial score (nSPS) is 10.7. The molecule has 0 bridgehead atoms. The predicted molar refractivity (Wildman–Crippen MR) is 93.8 cm³/mol. The maximum Gasteiger partial charge on any atom is 0.456 e. The highest BCUT2D eigenvalue weighted by Crippen LogP contribution is 2.20. The summed E-state index contributed by atoms with van der Waals surface area (Å²) in [6.07, 6.45) is 0. The van der Waals surface area contributed by atoms with Crippen molar-refractivity contribution in [3.8, 4) is 5.75 Å². The van der Waals surface area contributed by atoms with Gasteiger partial charge < -0.3 is 10.3 Å². The first-order valence-corrected chi connectivity index (χ1v) is 9.02. The number of hydrogen-bond donors (Lipinski definition) is 0. The van der Waals surface area contributed by atoms with Gasteiger partial charge in [0, 0.05) is 12.5 Å². The lowest BCUT2D eigenvalue weighted by atomic mass is 10.0. The molecule has 0 spiro atoms. The Hall–Kier alpha value is -3.09. The third-order valence-corrected chi connectivity index (χ3v) is 5.23. The molecule has 0 radical (unpaired) electrons. The highest BCUT2D eigenvalue weighted by atomic mass is 32.2. The molecule has 8 heteroatoms. The van der Waals surface area contributed by atoms with Crippen molar-refractivity contribution in [1.29, 1.82) is 0 Å². The van der Waals surface area contributed by atoms with Crippen molar-refractivity contribution in [2.45, 2.75) is 25.7 Å². The van der Waals surface area contributed by atoms with Gasteiger partial charge in [-0.05, 0) is 43.7 Å². The molecule has 26 heavy (non-hydrogen) atoms. The van der Waals surface area contributed by atoms with Crippen LogP contribution in [0.15, 0.2) is 47.4 Å². The van der Waals surface area contributed by atoms with E-state index in [1.165, 1.54) is 25.1 Å². The summed E-state index contributed by atoms with van der Waals surface area (Å²) in [7, 11) is -4.36. The Balaban J connectivity index is 2.43. The van der Waals surface area contributed by atoms with E-state index in [2.05, 4.69) is 4.79 Å². The van der Waals surface area contributed by atoms with Crippen molar-refractivity contribution >= 4 is 26.6 Å². The van der Waals surface area contributed by atoms with E-state index in [0.29, 0.717) is 5.56 Å². The van der Waals surface area contributed by atoms with E-state index < -0.39 is 26.6 Å². The summed E-state index contributed by atoms with van der Waals surface area (Å²) in [6.45, 7) is 4.71. The molecule has 0 aliphatic carbocycles. The zero-order chi connectivity index (χ0) is 19.5. The Morgan fingerprint density at radius 2 is 1.65 bits per heavy atom. The molecule has 0 atom stereocenters. The Kier molecular flexibility index (Phi) is 5.50. The number of aryl methyl sites for hydroxylation is 2. The van der Waals surface area contributed by atoms with Gasteiger partial charge in [-0.15, -0.1) is 4.79 Å². The van der Waals surface area contributed by atoms with Crippen LogP contribution in [0.3, 0.4) is 0 Å². The Labute approximate surface area is 150 Å². The number of ketones is 1. The Morgan fingerprint density at radius 1 is 1.04 bits per heavy atom. The lowest BCUT2D eigenvalue weighted by molar-refractivity contribution is -0.131. The summed E-state index contributed by atoms with van der Waals surface area (Å²) in [5.74, 6) is -1.31. The van der Waals surface area contributed by atoms with Gasteiger partial charge in [-0.1, -0.05) is 23.8 Å². The molecule has 0 unspecified atom stereocenters. The van der Waals surface area contributed by atoms with Crippen LogP contribution in [-0.4, -0.2) is 30.0 Å². The van der Waals surface area contributed by atoms with Crippen LogP contribution < -0.4 is 4.74 Å². The summed E-state index contributed by atoms with van der Waals surface area (Å²) in [5.41, 5.74) is 10.8. The monoisotopic (exact) mass is 372 g/mol. The molecule has 0 heterocycles. The summed E-state index contributed by atoms with van der Waals surface area (Å²) >= 11 is 0. The van der Waals surface area contributed by atoms with Crippen molar-refractivity contribution in [3.63, 3.8) is 0 Å². The van der Waals surface area contributed by atoms with E-state index in [9.17, 15) is 23.5 Å². The second kappa shape index (κ2) is 7.43. The molecule has 0 N–H and O–H groups in total. The molecule has 0 saturated heterocycles. The van der Waals surface area contributed by atoms with Crippen LogP contribution in [0.1, 0.15) is 28.4 Å². The van der Waals surface area contributed by atoms with Gasteiger partial charge >= 0.3 is 11.0 Å². The summed E-state index contributed by atoms with van der Waals surface area (Å²) in [4.78, 5) is 26.0. The SMILES string of the molecule is CC(=O)Oc1ccc(S(=O)(=O)C(=[N+]=[N-])C(=O)c2ccc(C)cc2C)cc1. The van der Waals surface area contributed by atoms with Crippen LogP contribution in [-0.2, 0) is 14.6 Å². The number of Topliss-reactive ketones (excluding diaryl/α,β-unsaturated/α-hetero) is 1. The van der Waals surface area contributed by atoms with Gasteiger partial charge in [0.05, 0.1) is 4.90 Å². The van der Waals surface area contributed by atoms with E-state index in [4.69, 9.17) is 4.74 Å². The van der Waals surface area contributed by atoms with E-state index in [-0.39, 0.29) is 16.2 Å². The number of rotatable bonds is 4. The number of carbonyl (C=O) groups excluding carboxylic acids is 2. The topological polar surface area (TPSA) is 114 Å². The van der Waals surface area contributed by atoms with Crippen molar-refractivity contribution < 1.29 is 27.5 Å². The number of nitrogens with zero attached hydrogens (tertiary/aromatic N) is 2. The first-order chi connectivity index (χ1) is 12.2. The minimum absolute atomic E-state index is 0.128. The smallest absolute Gasteiger partial charge is 0.427 e. The average molecular weight is 372 g/mol. The average Bonchev–Trinajstić information content (AvgIpc) is 2.55. The van der Waals surface area contributed by atoms with Gasteiger partial charge in [0.25, 0.3) is 15.6 Å². The largest absolute Gasteiger partial charge is 0.456 e. The quantitative estimate of drug-likeness (QED) is 0.156. The number of benzene rings is 2. The Bertz CT molecular complexity index is 1030. The fraction of sp³-hybridized carbons (Fsp3) is 0.167. The second-order valence-electron chi connectivity index (χ2n) is 5.62. The van der Waals surface area contributed by atoms with E-state index in [1.54, 1.807) is 19.1 Å². The molecule has 0 aliphatic heterocycles. The third kappa shape index (κ3) is 3.93. The molecule has 0 amide bonds. The summed E-state index contributed by atoms with van der Waals surface area (Å²) < 4.78 is 30.2. The van der Waals surface area contributed by atoms with E-state index in [0.717, 1.165) is 17.7 Å². The highest BCUT2D eigenvalue weighted by molar-refractivity contribution is 8.08. The maximum absolute atomic E-state index is 12.7. The van der Waals surface area contributed by atoms with Gasteiger partial charge in [-0.2, -0.15) is 0 Å². The van der Waals surface area contributed by atoms with Crippen LogP contribution in [0.4, 0.5) is 0 Å². The maximum atomic E-state index is 12.7. The van der Waals surface area contributed by atoms with Crippen LogP contribution >= 0.6 is 0 Å². The van der Waals surface area contributed by atoms with Crippen molar-refractivity contribution in [2.24, 2.45) is 0 Å². The van der Waals surface area contributed by atoms with Crippen LogP contribution in [0.2, 0.25) is 0 Å². The van der Waals surface area contributed by atoms with Crippen LogP contribution in [0, 0.1) is 13.8 Å². The van der Waals surface area contributed by atoms with Crippen LogP contribution in [0.5, 0.6) is 5.75 Å². The highest BCUT2D eigenvalue weighted by Gasteiger charge is 2.38. The van der Waals surface area contributed by atoms with Gasteiger partial charge in [-0.3, -0.25) is 9.59 Å². The van der Waals surface area contributed by atoms with Crippen LogP contribution in [0.25, 0.3) is 5.53 Å². The first kappa shape index (κ1) is 19.2. The van der Waals surface area contributed by atoms with Crippen molar-refractivity contribution in [2.75, 3.05) is 0 Å². The fourth-order valence-electron chi connectivity index (χ4n) is 2.37. The third-order valence-electron chi connectivity index (χ3n) is 3.56. The molecule has 0 aliphatic rings. The summed E-state index contributed by atoms with van der Waals surface area (Å²) in [5, 5.41) is -0.982. The zero-order valence-corrected chi connectivity index (χ0v) is 15.2. The van der Waals surface area contributed by atoms with E-state index in [1.807, 2.05) is 6.92 Å². The first-order valence-electron chi connectivity index (χ1n) is 7.54. The molecular formula is C18H16N2O5S. The van der Waals surface area contributed by atoms with Gasteiger partial charge in [0.2, 0.25) is 0 Å². The number of sulfone groups is 1. The molecule has 7 nitrogen and oxygen atoms in total. The number of carbonyl (C=O) groups is 2. The van der Waals surface area contributed by atoms with Crippen molar-refractivity contribution in [3.05, 3.63) is 64.7 Å². The molecule has 134 valence electrons. The lowest BCUT2D eigenvalue weighted by Gasteiger charge is -2.05. The molecule has 2 aromatic carbocycles. The lowest BCUT2D eigenvalue weighted by Crippen LogP contribution is -2.26. The second-order valence-corrected chi connectivity index (χ2v) is 7.49. The van der Waals surface area contributed by atoms with Gasteiger partial charge in [0.1, 0.15) is 5.75 Å². The van der Waals surface area contributed by atoms with E-state index >= 15 is 0 Å². The van der Waals surface area contributed by atoms with Gasteiger partial charge in [-0.25, -0.2) is 8.42 Å². The Morgan fingerprint density at radius 3 is 2.15 bits per heavy atom. The fourth-order valence-corrected chi connectivity index (χ4v) is 3.55. The minimum Gasteiger partial charge on any atom is -0.427 e. The number of ether oxygens (including phenoxy) is 1. The number of hydrogen-bond acceptors (Lipinski definition) is 5. The molecular weight excluding hydrogens is 356 g/mol. The number of esters is 1.